The van der Waals surface area contributed by atoms with Gasteiger partial charge in [-0.3, -0.25) is 0 Å². The molecule has 0 aliphatic carbocycles. The van der Waals surface area contributed by atoms with Crippen LogP contribution in [0.2, 0.25) is 0 Å². The van der Waals surface area contributed by atoms with Gasteiger partial charge < -0.3 is 20.3 Å². The maximum absolute atomic E-state index is 13.4. The lowest BCUT2D eigenvalue weighted by molar-refractivity contribution is 0.0243. The Balaban J connectivity index is 1.82. The lowest BCUT2D eigenvalue weighted by Gasteiger charge is -2.22. The van der Waals surface area contributed by atoms with Gasteiger partial charge in [0.15, 0.2) is 0 Å². The first-order chi connectivity index (χ1) is 8.61. The van der Waals surface area contributed by atoms with E-state index in [1.807, 2.05) is 0 Å². The summed E-state index contributed by atoms with van der Waals surface area (Å²) in [7, 11) is 0. The third kappa shape index (κ3) is 3.26. The molecule has 1 saturated heterocycles. The van der Waals surface area contributed by atoms with Crippen molar-refractivity contribution in [1.82, 2.24) is 5.32 Å². The summed E-state index contributed by atoms with van der Waals surface area (Å²) in [5, 5.41) is 22.8. The summed E-state index contributed by atoms with van der Waals surface area (Å²) < 4.78 is 18.5. The summed E-state index contributed by atoms with van der Waals surface area (Å²) >= 11 is 0. The molecule has 0 aromatic heterocycles. The summed E-state index contributed by atoms with van der Waals surface area (Å²) in [4.78, 5) is 0. The highest BCUT2D eigenvalue weighted by molar-refractivity contribution is 5.19. The van der Waals surface area contributed by atoms with Gasteiger partial charge in [0, 0.05) is 31.7 Å². The second kappa shape index (κ2) is 5.75. The van der Waals surface area contributed by atoms with Crippen LogP contribution in [0.25, 0.3) is 0 Å². The Bertz CT molecular complexity index is 394. The van der Waals surface area contributed by atoms with E-state index >= 15 is 0 Å². The first kappa shape index (κ1) is 13.4. The Labute approximate surface area is 105 Å². The van der Waals surface area contributed by atoms with Crippen molar-refractivity contribution in [3.8, 4) is 0 Å². The third-order valence-electron chi connectivity index (χ3n) is 3.14. The topological polar surface area (TPSA) is 61.7 Å². The van der Waals surface area contributed by atoms with E-state index in [-0.39, 0.29) is 12.1 Å². The highest BCUT2D eigenvalue weighted by atomic mass is 19.1. The van der Waals surface area contributed by atoms with Gasteiger partial charge in [-0.05, 0) is 6.07 Å². The fourth-order valence-electron chi connectivity index (χ4n) is 2.03. The Morgan fingerprint density at radius 2 is 2.22 bits per heavy atom. The number of rotatable bonds is 5. The molecule has 0 amide bonds. The standard InChI is InChI=1S/C13H18FNO3/c14-11-4-2-1-3-10(11)12(16)7-15-8-13(17)5-6-18-9-13/h1-4,12,15-17H,5-9H2. The van der Waals surface area contributed by atoms with Gasteiger partial charge in [-0.15, -0.1) is 0 Å². The summed E-state index contributed by atoms with van der Waals surface area (Å²) in [6.45, 7) is 1.38. The van der Waals surface area contributed by atoms with Gasteiger partial charge in [0.05, 0.1) is 12.7 Å². The first-order valence-corrected chi connectivity index (χ1v) is 6.04. The first-order valence-electron chi connectivity index (χ1n) is 6.04. The van der Waals surface area contributed by atoms with E-state index in [1.165, 1.54) is 6.07 Å². The minimum absolute atomic E-state index is 0.198. The smallest absolute Gasteiger partial charge is 0.129 e. The van der Waals surface area contributed by atoms with Crippen LogP contribution in [0.1, 0.15) is 18.1 Å². The van der Waals surface area contributed by atoms with E-state index in [9.17, 15) is 14.6 Å². The minimum Gasteiger partial charge on any atom is -0.387 e. The van der Waals surface area contributed by atoms with Crippen molar-refractivity contribution in [2.24, 2.45) is 0 Å². The van der Waals surface area contributed by atoms with E-state index in [2.05, 4.69) is 5.32 Å². The Kier molecular flexibility index (Phi) is 4.29. The zero-order valence-corrected chi connectivity index (χ0v) is 10.1. The molecule has 1 aromatic rings. The fourth-order valence-corrected chi connectivity index (χ4v) is 2.03. The lowest BCUT2D eigenvalue weighted by atomic mass is 10.0. The predicted molar refractivity (Wildman–Crippen MR) is 64.6 cm³/mol. The van der Waals surface area contributed by atoms with Crippen LogP contribution in [0.3, 0.4) is 0 Å². The van der Waals surface area contributed by atoms with Gasteiger partial charge in [0.1, 0.15) is 11.4 Å². The normalized spacial score (nSPS) is 25.3. The van der Waals surface area contributed by atoms with Crippen LogP contribution in [0.15, 0.2) is 24.3 Å². The van der Waals surface area contributed by atoms with Crippen molar-refractivity contribution in [1.29, 1.82) is 0 Å². The molecule has 1 aromatic carbocycles. The molecular weight excluding hydrogens is 237 g/mol. The van der Waals surface area contributed by atoms with Gasteiger partial charge in [0.2, 0.25) is 0 Å². The van der Waals surface area contributed by atoms with E-state index in [1.54, 1.807) is 18.2 Å². The van der Waals surface area contributed by atoms with E-state index < -0.39 is 17.5 Å². The zero-order valence-electron chi connectivity index (χ0n) is 10.1. The highest BCUT2D eigenvalue weighted by Crippen LogP contribution is 2.18. The minimum atomic E-state index is -0.919. The summed E-state index contributed by atoms with van der Waals surface area (Å²) in [6.07, 6.45) is -0.340. The van der Waals surface area contributed by atoms with Gasteiger partial charge in [-0.2, -0.15) is 0 Å². The van der Waals surface area contributed by atoms with Crippen LogP contribution >= 0.6 is 0 Å². The number of nitrogens with one attached hydrogen (secondary N) is 1. The Hall–Kier alpha value is -1.01. The van der Waals surface area contributed by atoms with Gasteiger partial charge in [-0.25, -0.2) is 4.39 Å². The number of benzene rings is 1. The second-order valence-corrected chi connectivity index (χ2v) is 4.70. The van der Waals surface area contributed by atoms with Crippen LogP contribution in [0.4, 0.5) is 4.39 Å². The monoisotopic (exact) mass is 255 g/mol. The molecule has 18 heavy (non-hydrogen) atoms. The summed E-state index contributed by atoms with van der Waals surface area (Å²) in [6, 6.07) is 6.13. The Morgan fingerprint density at radius 1 is 1.44 bits per heavy atom. The van der Waals surface area contributed by atoms with Crippen LogP contribution in [0, 0.1) is 5.82 Å². The molecular formula is C13H18FNO3. The van der Waals surface area contributed by atoms with Crippen molar-refractivity contribution in [3.63, 3.8) is 0 Å². The molecule has 0 spiro atoms. The number of aliphatic hydroxyl groups excluding tert-OH is 1. The van der Waals surface area contributed by atoms with Crippen molar-refractivity contribution in [2.75, 3.05) is 26.3 Å². The molecule has 3 N–H and O–H groups in total. The van der Waals surface area contributed by atoms with Crippen LogP contribution in [-0.4, -0.2) is 42.1 Å². The molecule has 1 aliphatic heterocycles. The van der Waals surface area contributed by atoms with E-state index in [4.69, 9.17) is 4.74 Å². The molecule has 4 nitrogen and oxygen atoms in total. The molecule has 1 heterocycles. The molecule has 0 bridgehead atoms. The van der Waals surface area contributed by atoms with Crippen LogP contribution < -0.4 is 5.32 Å². The Morgan fingerprint density at radius 3 is 2.89 bits per heavy atom. The zero-order chi connectivity index (χ0) is 13.0. The van der Waals surface area contributed by atoms with Gasteiger partial charge in [0.25, 0.3) is 0 Å². The van der Waals surface area contributed by atoms with Crippen molar-refractivity contribution in [2.45, 2.75) is 18.1 Å². The molecule has 0 saturated carbocycles. The predicted octanol–water partition coefficient (Wildman–Crippen LogP) is 0.600. The summed E-state index contributed by atoms with van der Waals surface area (Å²) in [5.74, 6) is -0.422. The SMILES string of the molecule is OC(CNCC1(O)CCOC1)c1ccccc1F. The van der Waals surface area contributed by atoms with Crippen molar-refractivity contribution < 1.29 is 19.3 Å². The average molecular weight is 255 g/mol. The van der Waals surface area contributed by atoms with Gasteiger partial charge >= 0.3 is 0 Å². The molecule has 2 unspecified atom stereocenters. The highest BCUT2D eigenvalue weighted by Gasteiger charge is 2.31. The number of ether oxygens (including phenoxy) is 1. The fraction of sp³-hybridized carbons (Fsp3) is 0.538. The maximum atomic E-state index is 13.4. The second-order valence-electron chi connectivity index (χ2n) is 4.70. The molecule has 1 aliphatic rings. The van der Waals surface area contributed by atoms with Gasteiger partial charge in [-0.1, -0.05) is 18.2 Å². The van der Waals surface area contributed by atoms with Crippen LogP contribution in [0.5, 0.6) is 0 Å². The molecule has 0 radical (unpaired) electrons. The molecule has 5 heteroatoms. The molecule has 2 rings (SSSR count). The van der Waals surface area contributed by atoms with E-state index in [0.717, 1.165) is 0 Å². The van der Waals surface area contributed by atoms with E-state index in [0.29, 0.717) is 26.2 Å². The number of hydrogen-bond acceptors (Lipinski definition) is 4. The molecule has 1 fully saturated rings. The molecule has 100 valence electrons. The van der Waals surface area contributed by atoms with Crippen molar-refractivity contribution >= 4 is 0 Å². The number of hydrogen-bond donors (Lipinski definition) is 3. The number of aliphatic hydroxyl groups is 2. The van der Waals surface area contributed by atoms with Crippen LogP contribution in [-0.2, 0) is 4.74 Å². The molecule has 2 atom stereocenters. The maximum Gasteiger partial charge on any atom is 0.129 e. The largest absolute Gasteiger partial charge is 0.387 e. The number of halogens is 1. The van der Waals surface area contributed by atoms with Crippen molar-refractivity contribution in [3.05, 3.63) is 35.6 Å². The summed E-state index contributed by atoms with van der Waals surface area (Å²) in [5.41, 5.74) is -0.603. The average Bonchev–Trinajstić information content (AvgIpc) is 2.77. The third-order valence-corrected chi connectivity index (χ3v) is 3.14. The lowest BCUT2D eigenvalue weighted by Crippen LogP contribution is -2.42. The quantitative estimate of drug-likeness (QED) is 0.721.